The maximum absolute atomic E-state index is 11.8. The minimum Gasteiger partial charge on any atom is -0.311 e. The Hall–Kier alpha value is -1.46. The van der Waals surface area contributed by atoms with Crippen molar-refractivity contribution in [2.45, 2.75) is 18.4 Å². The van der Waals surface area contributed by atoms with E-state index < -0.39 is 9.84 Å². The largest absolute Gasteiger partial charge is 0.311 e. The third kappa shape index (κ3) is 2.68. The second-order valence-electron chi connectivity index (χ2n) is 4.18. The van der Waals surface area contributed by atoms with Crippen LogP contribution >= 0.6 is 0 Å². The lowest BCUT2D eigenvalue weighted by atomic mass is 10.2. The molecule has 5 heteroatoms. The summed E-state index contributed by atoms with van der Waals surface area (Å²) in [5, 5.41) is 3.83. The van der Waals surface area contributed by atoms with Crippen molar-refractivity contribution in [1.82, 2.24) is 10.3 Å². The predicted octanol–water partition coefficient (Wildman–Crippen LogP) is 1.75. The first kappa shape index (κ1) is 13.0. The molecule has 0 unspecified atom stereocenters. The van der Waals surface area contributed by atoms with E-state index in [-0.39, 0.29) is 0 Å². The predicted molar refractivity (Wildman–Crippen MR) is 72.2 cm³/mol. The van der Waals surface area contributed by atoms with Crippen LogP contribution in [0.25, 0.3) is 10.9 Å². The van der Waals surface area contributed by atoms with Crippen LogP contribution in [0.3, 0.4) is 0 Å². The fourth-order valence-corrected chi connectivity index (χ4v) is 2.77. The highest BCUT2D eigenvalue weighted by atomic mass is 32.2. The number of rotatable bonds is 4. The van der Waals surface area contributed by atoms with E-state index in [2.05, 4.69) is 10.3 Å². The van der Waals surface area contributed by atoms with Gasteiger partial charge in [0.05, 0.1) is 16.1 Å². The Morgan fingerprint density at radius 2 is 2.00 bits per heavy atom. The van der Waals surface area contributed by atoms with Gasteiger partial charge in [0, 0.05) is 18.2 Å². The molecule has 1 heterocycles. The van der Waals surface area contributed by atoms with Crippen molar-refractivity contribution in [2.24, 2.45) is 0 Å². The monoisotopic (exact) mass is 264 g/mol. The standard InChI is InChI=1S/C13H16N2O2S/c1-3-14-9-10-8-13(18(2,16)17)11-6-4-5-7-12(11)15-10/h4-8,14H,3,9H2,1-2H3. The third-order valence-electron chi connectivity index (χ3n) is 2.69. The van der Waals surface area contributed by atoms with Crippen LogP contribution in [0, 0.1) is 0 Å². The molecule has 0 aliphatic heterocycles. The Kier molecular flexibility index (Phi) is 3.63. The first-order valence-electron chi connectivity index (χ1n) is 5.82. The number of hydrogen-bond donors (Lipinski definition) is 1. The van der Waals surface area contributed by atoms with E-state index in [1.54, 1.807) is 12.1 Å². The summed E-state index contributed by atoms with van der Waals surface area (Å²) in [6.45, 7) is 3.39. The highest BCUT2D eigenvalue weighted by Crippen LogP contribution is 2.22. The van der Waals surface area contributed by atoms with Gasteiger partial charge in [0.2, 0.25) is 0 Å². The summed E-state index contributed by atoms with van der Waals surface area (Å²) in [5.74, 6) is 0. The smallest absolute Gasteiger partial charge is 0.176 e. The molecule has 1 N–H and O–H groups in total. The van der Waals surface area contributed by atoms with Crippen LogP contribution in [-0.4, -0.2) is 26.2 Å². The zero-order valence-corrected chi connectivity index (χ0v) is 11.3. The average Bonchev–Trinajstić information content (AvgIpc) is 2.34. The van der Waals surface area contributed by atoms with E-state index in [9.17, 15) is 8.42 Å². The van der Waals surface area contributed by atoms with Gasteiger partial charge in [-0.1, -0.05) is 25.1 Å². The fourth-order valence-electron chi connectivity index (χ4n) is 1.85. The number of nitrogens with zero attached hydrogens (tertiary/aromatic N) is 1. The minimum absolute atomic E-state index is 0.348. The molecule has 0 saturated carbocycles. The molecule has 0 bridgehead atoms. The van der Waals surface area contributed by atoms with Gasteiger partial charge in [-0.25, -0.2) is 8.42 Å². The van der Waals surface area contributed by atoms with Crippen LogP contribution in [0.15, 0.2) is 35.2 Å². The van der Waals surface area contributed by atoms with Gasteiger partial charge < -0.3 is 5.32 Å². The number of pyridine rings is 1. The van der Waals surface area contributed by atoms with E-state index in [0.29, 0.717) is 22.3 Å². The van der Waals surface area contributed by atoms with Crippen molar-refractivity contribution >= 4 is 20.7 Å². The van der Waals surface area contributed by atoms with Crippen LogP contribution < -0.4 is 5.32 Å². The summed E-state index contributed by atoms with van der Waals surface area (Å²) >= 11 is 0. The van der Waals surface area contributed by atoms with Crippen molar-refractivity contribution < 1.29 is 8.42 Å². The highest BCUT2D eigenvalue weighted by molar-refractivity contribution is 7.91. The molecule has 18 heavy (non-hydrogen) atoms. The fraction of sp³-hybridized carbons (Fsp3) is 0.308. The molecule has 0 saturated heterocycles. The van der Waals surface area contributed by atoms with Gasteiger partial charge in [0.15, 0.2) is 9.84 Å². The Balaban J connectivity index is 2.65. The summed E-state index contributed by atoms with van der Waals surface area (Å²) in [7, 11) is -3.24. The van der Waals surface area contributed by atoms with Crippen molar-refractivity contribution in [1.29, 1.82) is 0 Å². The van der Waals surface area contributed by atoms with Crippen LogP contribution in [0.4, 0.5) is 0 Å². The summed E-state index contributed by atoms with van der Waals surface area (Å²) in [6, 6.07) is 8.95. The summed E-state index contributed by atoms with van der Waals surface area (Å²) in [4.78, 5) is 4.81. The zero-order valence-electron chi connectivity index (χ0n) is 10.5. The second kappa shape index (κ2) is 5.04. The van der Waals surface area contributed by atoms with Gasteiger partial charge >= 0.3 is 0 Å². The maximum atomic E-state index is 11.8. The molecule has 1 aromatic heterocycles. The molecule has 0 radical (unpaired) electrons. The minimum atomic E-state index is -3.24. The maximum Gasteiger partial charge on any atom is 0.176 e. The van der Waals surface area contributed by atoms with Gasteiger partial charge in [-0.3, -0.25) is 4.98 Å². The zero-order chi connectivity index (χ0) is 13.2. The van der Waals surface area contributed by atoms with Gasteiger partial charge in [-0.05, 0) is 18.7 Å². The number of benzene rings is 1. The number of aromatic nitrogens is 1. The van der Waals surface area contributed by atoms with Crippen LogP contribution in [0.5, 0.6) is 0 Å². The average molecular weight is 264 g/mol. The van der Waals surface area contributed by atoms with E-state index in [0.717, 1.165) is 12.2 Å². The quantitative estimate of drug-likeness (QED) is 0.914. The van der Waals surface area contributed by atoms with Crippen molar-refractivity contribution in [3.63, 3.8) is 0 Å². The van der Waals surface area contributed by atoms with Crippen molar-refractivity contribution in [3.8, 4) is 0 Å². The molecule has 0 aliphatic carbocycles. The molecule has 0 amide bonds. The summed E-state index contributed by atoms with van der Waals surface area (Å²) in [5.41, 5.74) is 1.46. The lowest BCUT2D eigenvalue weighted by Crippen LogP contribution is -2.13. The van der Waals surface area contributed by atoms with Crippen LogP contribution in [-0.2, 0) is 16.4 Å². The van der Waals surface area contributed by atoms with E-state index in [1.165, 1.54) is 6.26 Å². The molecule has 0 spiro atoms. The molecule has 0 atom stereocenters. The highest BCUT2D eigenvalue weighted by Gasteiger charge is 2.14. The molecule has 0 aliphatic rings. The molecule has 2 rings (SSSR count). The van der Waals surface area contributed by atoms with Gasteiger partial charge in [-0.15, -0.1) is 0 Å². The Bertz CT molecular complexity index is 666. The summed E-state index contributed by atoms with van der Waals surface area (Å²) in [6.07, 6.45) is 1.23. The summed E-state index contributed by atoms with van der Waals surface area (Å²) < 4.78 is 23.6. The van der Waals surface area contributed by atoms with Gasteiger partial charge in [0.1, 0.15) is 0 Å². The van der Waals surface area contributed by atoms with Gasteiger partial charge in [0.25, 0.3) is 0 Å². The van der Waals surface area contributed by atoms with Crippen LogP contribution in [0.1, 0.15) is 12.6 Å². The third-order valence-corrected chi connectivity index (χ3v) is 3.82. The molecular formula is C13H16N2O2S. The first-order valence-corrected chi connectivity index (χ1v) is 7.71. The number of para-hydroxylation sites is 1. The number of hydrogen-bond acceptors (Lipinski definition) is 4. The lowest BCUT2D eigenvalue weighted by Gasteiger charge is -2.08. The van der Waals surface area contributed by atoms with Crippen molar-refractivity contribution in [2.75, 3.05) is 12.8 Å². The molecule has 96 valence electrons. The molecule has 2 aromatic rings. The Morgan fingerprint density at radius 1 is 1.28 bits per heavy atom. The molecule has 4 nitrogen and oxygen atoms in total. The second-order valence-corrected chi connectivity index (χ2v) is 6.17. The van der Waals surface area contributed by atoms with E-state index in [1.807, 2.05) is 25.1 Å². The lowest BCUT2D eigenvalue weighted by molar-refractivity contribution is 0.602. The SMILES string of the molecule is CCNCc1cc(S(C)(=O)=O)c2ccccc2n1. The molecule has 1 aromatic carbocycles. The van der Waals surface area contributed by atoms with Crippen molar-refractivity contribution in [3.05, 3.63) is 36.0 Å². The number of sulfone groups is 1. The normalized spacial score (nSPS) is 11.9. The van der Waals surface area contributed by atoms with Crippen LogP contribution in [0.2, 0.25) is 0 Å². The van der Waals surface area contributed by atoms with E-state index >= 15 is 0 Å². The Labute approximate surface area is 107 Å². The van der Waals surface area contributed by atoms with E-state index in [4.69, 9.17) is 0 Å². The number of fused-ring (bicyclic) bond motifs is 1. The van der Waals surface area contributed by atoms with Gasteiger partial charge in [-0.2, -0.15) is 0 Å². The molecular weight excluding hydrogens is 248 g/mol. The Morgan fingerprint density at radius 3 is 2.67 bits per heavy atom. The molecule has 0 fully saturated rings. The first-order chi connectivity index (χ1) is 8.52. The number of nitrogens with one attached hydrogen (secondary N) is 1. The topological polar surface area (TPSA) is 59.1 Å².